The molecule has 0 atom stereocenters. The summed E-state index contributed by atoms with van der Waals surface area (Å²) in [5.41, 5.74) is 3.33. The Bertz CT molecular complexity index is 760. The number of pyridine rings is 1. The molecule has 0 spiro atoms. The van der Waals surface area contributed by atoms with Crippen LogP contribution in [0, 0.1) is 12.8 Å². The van der Waals surface area contributed by atoms with E-state index in [0.717, 1.165) is 17.8 Å². The number of hydrogen-bond donors (Lipinski definition) is 1. The van der Waals surface area contributed by atoms with Gasteiger partial charge in [-0.15, -0.1) is 0 Å². The van der Waals surface area contributed by atoms with Crippen LogP contribution in [-0.4, -0.2) is 11.5 Å². The van der Waals surface area contributed by atoms with Gasteiger partial charge in [0, 0.05) is 28.7 Å². The average molecular weight is 264 g/mol. The maximum atomic E-state index is 4.75. The fourth-order valence-corrected chi connectivity index (χ4v) is 2.55. The molecule has 1 N–H and O–H groups in total. The summed E-state index contributed by atoms with van der Waals surface area (Å²) in [7, 11) is 0. The van der Waals surface area contributed by atoms with Crippen LogP contribution in [0.3, 0.4) is 0 Å². The summed E-state index contributed by atoms with van der Waals surface area (Å²) in [6.07, 6.45) is 0. The van der Waals surface area contributed by atoms with Gasteiger partial charge in [0.25, 0.3) is 0 Å². The molecule has 20 heavy (non-hydrogen) atoms. The van der Waals surface area contributed by atoms with E-state index in [1.54, 1.807) is 0 Å². The Morgan fingerprint density at radius 3 is 2.65 bits per heavy atom. The molecular weight excluding hydrogens is 244 g/mol. The highest BCUT2D eigenvalue weighted by Gasteiger charge is 2.07. The number of rotatable bonds is 3. The fraction of sp³-hybridized carbons (Fsp3) is 0.278. The highest BCUT2D eigenvalue weighted by molar-refractivity contribution is 6.09. The Hall–Kier alpha value is -2.09. The molecule has 102 valence electrons. The van der Waals surface area contributed by atoms with Crippen molar-refractivity contribution in [2.45, 2.75) is 20.8 Å². The van der Waals surface area contributed by atoms with Crippen LogP contribution in [0.2, 0.25) is 0 Å². The molecule has 0 bridgehead atoms. The highest BCUT2D eigenvalue weighted by Crippen LogP contribution is 2.29. The van der Waals surface area contributed by atoms with E-state index >= 15 is 0 Å². The maximum Gasteiger partial charge on any atom is 0.0804 e. The molecule has 1 aromatic heterocycles. The van der Waals surface area contributed by atoms with Crippen LogP contribution in [0.15, 0.2) is 42.5 Å². The topological polar surface area (TPSA) is 24.9 Å². The summed E-state index contributed by atoms with van der Waals surface area (Å²) in [6, 6.07) is 14.9. The summed E-state index contributed by atoms with van der Waals surface area (Å²) >= 11 is 0. The predicted molar refractivity (Wildman–Crippen MR) is 87.3 cm³/mol. The fourth-order valence-electron chi connectivity index (χ4n) is 2.55. The normalized spacial score (nSPS) is 11.4. The molecule has 2 aromatic carbocycles. The number of hydrogen-bond acceptors (Lipinski definition) is 2. The van der Waals surface area contributed by atoms with E-state index in [-0.39, 0.29) is 0 Å². The summed E-state index contributed by atoms with van der Waals surface area (Å²) in [6.45, 7) is 7.48. The number of anilines is 1. The summed E-state index contributed by atoms with van der Waals surface area (Å²) < 4.78 is 0. The maximum absolute atomic E-state index is 4.75. The lowest BCUT2D eigenvalue weighted by molar-refractivity contribution is 0.689. The lowest BCUT2D eigenvalue weighted by Gasteiger charge is -2.13. The third-order valence-electron chi connectivity index (χ3n) is 3.53. The second kappa shape index (κ2) is 5.12. The Morgan fingerprint density at radius 1 is 1.05 bits per heavy atom. The van der Waals surface area contributed by atoms with Gasteiger partial charge in [0.05, 0.1) is 5.52 Å². The minimum atomic E-state index is 0.624. The predicted octanol–water partition coefficient (Wildman–Crippen LogP) is 4.76. The van der Waals surface area contributed by atoms with Gasteiger partial charge in [-0.1, -0.05) is 50.2 Å². The van der Waals surface area contributed by atoms with Gasteiger partial charge in [0.2, 0.25) is 0 Å². The molecule has 0 saturated heterocycles. The molecule has 3 rings (SSSR count). The number of nitrogens with zero attached hydrogens (tertiary/aromatic N) is 1. The van der Waals surface area contributed by atoms with Crippen molar-refractivity contribution in [3.05, 3.63) is 48.2 Å². The van der Waals surface area contributed by atoms with Crippen molar-refractivity contribution in [1.82, 2.24) is 4.98 Å². The molecule has 2 nitrogen and oxygen atoms in total. The third kappa shape index (κ3) is 2.34. The van der Waals surface area contributed by atoms with Crippen molar-refractivity contribution >= 4 is 27.4 Å². The number of aromatic nitrogens is 1. The van der Waals surface area contributed by atoms with Crippen LogP contribution in [0.5, 0.6) is 0 Å². The molecule has 0 fully saturated rings. The van der Waals surface area contributed by atoms with Gasteiger partial charge < -0.3 is 5.32 Å². The van der Waals surface area contributed by atoms with Gasteiger partial charge in [-0.2, -0.15) is 0 Å². The van der Waals surface area contributed by atoms with Gasteiger partial charge in [-0.05, 0) is 24.3 Å². The van der Waals surface area contributed by atoms with Crippen molar-refractivity contribution in [3.63, 3.8) is 0 Å². The van der Waals surface area contributed by atoms with Crippen LogP contribution in [-0.2, 0) is 0 Å². The molecule has 0 aliphatic heterocycles. The number of nitrogens with one attached hydrogen (secondary N) is 1. The van der Waals surface area contributed by atoms with Crippen molar-refractivity contribution in [2.24, 2.45) is 5.92 Å². The number of aryl methyl sites for hydroxylation is 1. The molecular formula is C18H20N2. The molecule has 0 radical (unpaired) electrons. The largest absolute Gasteiger partial charge is 0.384 e. The highest BCUT2D eigenvalue weighted by atomic mass is 14.9. The van der Waals surface area contributed by atoms with Gasteiger partial charge in [-0.25, -0.2) is 0 Å². The molecule has 0 aliphatic rings. The molecule has 3 aromatic rings. The Labute approximate surface area is 119 Å². The lowest BCUT2D eigenvalue weighted by atomic mass is 10.0. The molecule has 0 unspecified atom stereocenters. The first-order chi connectivity index (χ1) is 9.65. The molecule has 0 saturated carbocycles. The second-order valence-electron chi connectivity index (χ2n) is 5.77. The Kier molecular flexibility index (Phi) is 3.31. The Balaban J connectivity index is 2.23. The summed E-state index contributed by atoms with van der Waals surface area (Å²) in [4.78, 5) is 4.75. The molecule has 0 aliphatic carbocycles. The second-order valence-corrected chi connectivity index (χ2v) is 5.77. The average Bonchev–Trinajstić information content (AvgIpc) is 2.44. The SMILES string of the molecule is Cc1cc(NCC(C)C)c2ccc3ccccc3c2n1. The van der Waals surface area contributed by atoms with Crippen LogP contribution in [0.25, 0.3) is 21.7 Å². The van der Waals surface area contributed by atoms with Gasteiger partial charge >= 0.3 is 0 Å². The standard InChI is InChI=1S/C18H20N2/c1-12(2)11-19-17-10-13(3)20-18-15-7-5-4-6-14(15)8-9-16(17)18/h4-10,12H,11H2,1-3H3,(H,19,20). The van der Waals surface area contributed by atoms with E-state index < -0.39 is 0 Å². The zero-order valence-corrected chi connectivity index (χ0v) is 12.3. The van der Waals surface area contributed by atoms with Gasteiger partial charge in [0.15, 0.2) is 0 Å². The van der Waals surface area contributed by atoms with Crippen LogP contribution < -0.4 is 5.32 Å². The molecule has 2 heteroatoms. The van der Waals surface area contributed by atoms with Crippen molar-refractivity contribution in [3.8, 4) is 0 Å². The van der Waals surface area contributed by atoms with Crippen molar-refractivity contribution in [2.75, 3.05) is 11.9 Å². The minimum Gasteiger partial charge on any atom is -0.384 e. The first kappa shape index (κ1) is 12.9. The minimum absolute atomic E-state index is 0.624. The van der Waals surface area contributed by atoms with E-state index in [0.29, 0.717) is 5.92 Å². The third-order valence-corrected chi connectivity index (χ3v) is 3.53. The lowest BCUT2D eigenvalue weighted by Crippen LogP contribution is -2.08. The van der Waals surface area contributed by atoms with Gasteiger partial charge in [0.1, 0.15) is 0 Å². The number of fused-ring (bicyclic) bond motifs is 3. The monoisotopic (exact) mass is 264 g/mol. The molecule has 0 amide bonds. The van der Waals surface area contributed by atoms with E-state index in [1.165, 1.54) is 21.8 Å². The van der Waals surface area contributed by atoms with E-state index in [1.807, 2.05) is 0 Å². The first-order valence-corrected chi connectivity index (χ1v) is 7.18. The zero-order chi connectivity index (χ0) is 14.1. The van der Waals surface area contributed by atoms with E-state index in [4.69, 9.17) is 4.98 Å². The smallest absolute Gasteiger partial charge is 0.0804 e. The Morgan fingerprint density at radius 2 is 1.85 bits per heavy atom. The van der Waals surface area contributed by atoms with E-state index in [9.17, 15) is 0 Å². The first-order valence-electron chi connectivity index (χ1n) is 7.18. The van der Waals surface area contributed by atoms with Crippen LogP contribution in [0.4, 0.5) is 5.69 Å². The van der Waals surface area contributed by atoms with Crippen LogP contribution >= 0.6 is 0 Å². The molecule has 1 heterocycles. The van der Waals surface area contributed by atoms with Crippen molar-refractivity contribution in [1.29, 1.82) is 0 Å². The van der Waals surface area contributed by atoms with E-state index in [2.05, 4.69) is 68.6 Å². The summed E-state index contributed by atoms with van der Waals surface area (Å²) in [5, 5.41) is 7.22. The van der Waals surface area contributed by atoms with Crippen LogP contribution in [0.1, 0.15) is 19.5 Å². The van der Waals surface area contributed by atoms with Gasteiger partial charge in [-0.3, -0.25) is 4.98 Å². The number of benzene rings is 2. The zero-order valence-electron chi connectivity index (χ0n) is 12.3. The quantitative estimate of drug-likeness (QED) is 0.690. The van der Waals surface area contributed by atoms with Crippen molar-refractivity contribution < 1.29 is 0 Å². The summed E-state index contributed by atoms with van der Waals surface area (Å²) in [5.74, 6) is 0.624.